The first kappa shape index (κ1) is 19.4. The fraction of sp³-hybridized carbons (Fsp3) is 0.136. The topological polar surface area (TPSA) is 50.4 Å². The van der Waals surface area contributed by atoms with Crippen LogP contribution in [0.25, 0.3) is 0 Å². The van der Waals surface area contributed by atoms with E-state index in [2.05, 4.69) is 15.4 Å². The van der Waals surface area contributed by atoms with Gasteiger partial charge in [0.2, 0.25) is 5.91 Å². The van der Waals surface area contributed by atoms with Gasteiger partial charge in [0.05, 0.1) is 12.2 Å². The van der Waals surface area contributed by atoms with E-state index in [0.29, 0.717) is 12.1 Å². The Kier molecular flexibility index (Phi) is 6.57. The fourth-order valence-corrected chi connectivity index (χ4v) is 2.79. The van der Waals surface area contributed by atoms with Crippen LogP contribution in [-0.2, 0) is 11.2 Å². The van der Waals surface area contributed by atoms with E-state index in [4.69, 9.17) is 0 Å². The van der Waals surface area contributed by atoms with Crippen LogP contribution in [0.1, 0.15) is 11.1 Å². The van der Waals surface area contributed by atoms with Gasteiger partial charge in [-0.3, -0.25) is 4.79 Å². The van der Waals surface area contributed by atoms with Gasteiger partial charge in [-0.25, -0.2) is 0 Å². The van der Waals surface area contributed by atoms with Gasteiger partial charge in [-0.1, -0.05) is 60.7 Å². The molecule has 3 rings (SSSR count). The lowest BCUT2D eigenvalue weighted by Crippen LogP contribution is -2.22. The molecule has 4 nitrogen and oxygen atoms in total. The van der Waals surface area contributed by atoms with Crippen LogP contribution in [0.15, 0.2) is 78.9 Å². The van der Waals surface area contributed by atoms with Crippen LogP contribution in [0, 0.1) is 0 Å². The van der Waals surface area contributed by atoms with Gasteiger partial charge in [0.25, 0.3) is 0 Å². The number of para-hydroxylation sites is 3. The highest BCUT2D eigenvalue weighted by molar-refractivity contribution is 5.94. The molecular formula is C22H20F2N2O2. The Morgan fingerprint density at radius 3 is 2.25 bits per heavy atom. The molecule has 0 spiro atoms. The van der Waals surface area contributed by atoms with Crippen molar-refractivity contribution in [1.82, 2.24) is 0 Å². The lowest BCUT2D eigenvalue weighted by atomic mass is 10.0. The Labute approximate surface area is 162 Å². The van der Waals surface area contributed by atoms with Crippen LogP contribution in [0.5, 0.6) is 5.75 Å². The lowest BCUT2D eigenvalue weighted by molar-refractivity contribution is -0.114. The van der Waals surface area contributed by atoms with Crippen LogP contribution in [-0.4, -0.2) is 19.1 Å². The predicted octanol–water partition coefficient (Wildman–Crippen LogP) is 4.93. The van der Waals surface area contributed by atoms with Crippen LogP contribution < -0.4 is 15.4 Å². The van der Waals surface area contributed by atoms with E-state index in [0.717, 1.165) is 16.8 Å². The maximum atomic E-state index is 12.5. The monoisotopic (exact) mass is 382 g/mol. The third-order valence-electron chi connectivity index (χ3n) is 4.07. The zero-order valence-corrected chi connectivity index (χ0v) is 15.1. The van der Waals surface area contributed by atoms with Gasteiger partial charge >= 0.3 is 6.61 Å². The molecule has 0 aliphatic carbocycles. The first-order valence-electron chi connectivity index (χ1n) is 8.81. The smallest absolute Gasteiger partial charge is 0.387 e. The molecule has 0 bridgehead atoms. The molecule has 0 fully saturated rings. The van der Waals surface area contributed by atoms with E-state index in [-0.39, 0.29) is 18.2 Å². The molecule has 0 aromatic heterocycles. The molecule has 3 aromatic rings. The molecule has 6 heteroatoms. The van der Waals surface area contributed by atoms with E-state index in [1.165, 1.54) is 6.07 Å². The van der Waals surface area contributed by atoms with Crippen LogP contribution in [0.4, 0.5) is 20.2 Å². The summed E-state index contributed by atoms with van der Waals surface area (Å²) in [7, 11) is 0. The Morgan fingerprint density at radius 1 is 0.857 bits per heavy atom. The number of hydrogen-bond acceptors (Lipinski definition) is 3. The van der Waals surface area contributed by atoms with Crippen molar-refractivity contribution in [3.05, 3.63) is 90.0 Å². The minimum atomic E-state index is -2.93. The number of anilines is 2. The van der Waals surface area contributed by atoms with Crippen molar-refractivity contribution in [3.63, 3.8) is 0 Å². The number of hydrogen-bond donors (Lipinski definition) is 2. The molecule has 144 valence electrons. The van der Waals surface area contributed by atoms with Gasteiger partial charge in [0.1, 0.15) is 5.75 Å². The minimum absolute atomic E-state index is 0.00484. The quantitative estimate of drug-likeness (QED) is 0.581. The summed E-state index contributed by atoms with van der Waals surface area (Å²) in [5, 5.41) is 5.71. The lowest BCUT2D eigenvalue weighted by Gasteiger charge is -2.14. The summed E-state index contributed by atoms with van der Waals surface area (Å²) in [5.74, 6) is -0.290. The summed E-state index contributed by atoms with van der Waals surface area (Å²) < 4.78 is 29.4. The summed E-state index contributed by atoms with van der Waals surface area (Å²) >= 11 is 0. The molecule has 0 heterocycles. The van der Waals surface area contributed by atoms with E-state index >= 15 is 0 Å². The fourth-order valence-electron chi connectivity index (χ4n) is 2.79. The van der Waals surface area contributed by atoms with E-state index in [1.54, 1.807) is 18.2 Å². The van der Waals surface area contributed by atoms with Gasteiger partial charge < -0.3 is 15.4 Å². The largest absolute Gasteiger partial charge is 0.433 e. The highest BCUT2D eigenvalue weighted by atomic mass is 19.3. The number of alkyl halides is 2. The number of ether oxygens (including phenoxy) is 1. The molecule has 3 aromatic carbocycles. The Hall–Kier alpha value is -3.41. The van der Waals surface area contributed by atoms with Crippen LogP contribution in [0.2, 0.25) is 0 Å². The first-order chi connectivity index (χ1) is 13.6. The predicted molar refractivity (Wildman–Crippen MR) is 106 cm³/mol. The van der Waals surface area contributed by atoms with Crippen molar-refractivity contribution in [2.24, 2.45) is 0 Å². The summed E-state index contributed by atoms with van der Waals surface area (Å²) in [6.45, 7) is -3.01. The molecule has 0 saturated carbocycles. The van der Waals surface area contributed by atoms with Crippen molar-refractivity contribution < 1.29 is 18.3 Å². The Bertz CT molecular complexity index is 917. The zero-order chi connectivity index (χ0) is 19.8. The van der Waals surface area contributed by atoms with Crippen molar-refractivity contribution in [2.45, 2.75) is 13.0 Å². The normalized spacial score (nSPS) is 10.5. The maximum Gasteiger partial charge on any atom is 0.387 e. The summed E-state index contributed by atoms with van der Waals surface area (Å²) in [6, 6.07) is 23.8. The van der Waals surface area contributed by atoms with Gasteiger partial charge in [0, 0.05) is 5.69 Å². The molecule has 0 aliphatic rings. The number of benzene rings is 3. The molecule has 0 unspecified atom stereocenters. The van der Waals surface area contributed by atoms with Crippen molar-refractivity contribution in [3.8, 4) is 5.75 Å². The maximum absolute atomic E-state index is 12.5. The molecule has 1 amide bonds. The van der Waals surface area contributed by atoms with Crippen LogP contribution >= 0.6 is 0 Å². The first-order valence-corrected chi connectivity index (χ1v) is 8.81. The van der Waals surface area contributed by atoms with E-state index in [9.17, 15) is 13.6 Å². The Morgan fingerprint density at radius 2 is 1.50 bits per heavy atom. The molecule has 0 radical (unpaired) electrons. The summed E-state index contributed by atoms with van der Waals surface area (Å²) in [4.78, 5) is 12.4. The summed E-state index contributed by atoms with van der Waals surface area (Å²) in [6.07, 6.45) is 0.690. The summed E-state index contributed by atoms with van der Waals surface area (Å²) in [5.41, 5.74) is 3.18. The van der Waals surface area contributed by atoms with Crippen LogP contribution in [0.3, 0.4) is 0 Å². The van der Waals surface area contributed by atoms with E-state index < -0.39 is 6.61 Å². The third-order valence-corrected chi connectivity index (χ3v) is 4.07. The minimum Gasteiger partial charge on any atom is -0.433 e. The number of amides is 1. The van der Waals surface area contributed by atoms with Gasteiger partial charge in [-0.2, -0.15) is 8.78 Å². The SMILES string of the molecule is O=C(CNc1ccccc1OC(F)F)Nc1ccccc1Cc1ccccc1. The molecule has 28 heavy (non-hydrogen) atoms. The number of rotatable bonds is 8. The number of halogens is 2. The second-order valence-corrected chi connectivity index (χ2v) is 6.10. The average molecular weight is 382 g/mol. The number of carbonyl (C=O) groups excluding carboxylic acids is 1. The van der Waals surface area contributed by atoms with Gasteiger partial charge in [-0.05, 0) is 35.7 Å². The molecule has 0 saturated heterocycles. The molecule has 0 atom stereocenters. The molecular weight excluding hydrogens is 362 g/mol. The second kappa shape index (κ2) is 9.50. The third kappa shape index (κ3) is 5.54. The van der Waals surface area contributed by atoms with Crippen molar-refractivity contribution >= 4 is 17.3 Å². The number of carbonyl (C=O) groups is 1. The Balaban J connectivity index is 1.63. The van der Waals surface area contributed by atoms with Crippen molar-refractivity contribution in [1.29, 1.82) is 0 Å². The zero-order valence-electron chi connectivity index (χ0n) is 15.1. The number of nitrogens with one attached hydrogen (secondary N) is 2. The standard InChI is InChI=1S/C22H20F2N2O2/c23-22(24)28-20-13-7-6-12-19(20)25-15-21(27)26-18-11-5-4-10-17(18)14-16-8-2-1-3-9-16/h1-13,22,25H,14-15H2,(H,26,27). The van der Waals surface area contributed by atoms with Gasteiger partial charge in [-0.15, -0.1) is 0 Å². The molecule has 2 N–H and O–H groups in total. The van der Waals surface area contributed by atoms with E-state index in [1.807, 2.05) is 54.6 Å². The second-order valence-electron chi connectivity index (χ2n) is 6.10. The molecule has 0 aliphatic heterocycles. The van der Waals surface area contributed by atoms with Crippen molar-refractivity contribution in [2.75, 3.05) is 17.2 Å². The van der Waals surface area contributed by atoms with Gasteiger partial charge in [0.15, 0.2) is 0 Å². The highest BCUT2D eigenvalue weighted by Crippen LogP contribution is 2.25. The average Bonchev–Trinajstić information content (AvgIpc) is 2.69. The highest BCUT2D eigenvalue weighted by Gasteiger charge is 2.11.